The monoisotopic (exact) mass is 632 g/mol. The maximum absolute atomic E-state index is 2.47. The summed E-state index contributed by atoms with van der Waals surface area (Å²) in [6, 6.07) is 71.4. The van der Waals surface area contributed by atoms with Crippen molar-refractivity contribution in [3.05, 3.63) is 194 Å². The highest BCUT2D eigenvalue weighted by Crippen LogP contribution is 2.48. The lowest BCUT2D eigenvalue weighted by atomic mass is 9.82. The van der Waals surface area contributed by atoms with Gasteiger partial charge < -0.3 is 0 Å². The van der Waals surface area contributed by atoms with E-state index >= 15 is 0 Å². The summed E-state index contributed by atoms with van der Waals surface area (Å²) in [6.07, 6.45) is 0. The van der Waals surface area contributed by atoms with Crippen LogP contribution in [-0.4, -0.2) is 0 Å². The molecule has 0 aliphatic rings. The molecule has 0 heterocycles. The van der Waals surface area contributed by atoms with Crippen LogP contribution >= 0.6 is 0 Å². The Labute approximate surface area is 291 Å². The van der Waals surface area contributed by atoms with E-state index in [-0.39, 0.29) is 0 Å². The topological polar surface area (TPSA) is 0 Å². The van der Waals surface area contributed by atoms with Crippen LogP contribution in [-0.2, 0) is 0 Å². The highest BCUT2D eigenvalue weighted by molar-refractivity contribution is 6.28. The number of rotatable bonds is 4. The van der Waals surface area contributed by atoms with Gasteiger partial charge in [0.15, 0.2) is 0 Å². The van der Waals surface area contributed by atoms with E-state index in [1.807, 2.05) is 0 Å². The minimum absolute atomic E-state index is 1.22. The largest absolute Gasteiger partial charge is 0.0622 e. The van der Waals surface area contributed by atoms with Gasteiger partial charge in [-0.3, -0.25) is 0 Å². The summed E-state index contributed by atoms with van der Waals surface area (Å²) in [5, 5.41) is 12.6. The molecule has 0 N–H and O–H groups in total. The Balaban J connectivity index is 1.38. The third-order valence-electron chi connectivity index (χ3n) is 10.4. The minimum atomic E-state index is 1.22. The molecule has 0 radical (unpaired) electrons. The summed E-state index contributed by atoms with van der Waals surface area (Å²) in [4.78, 5) is 0. The van der Waals surface area contributed by atoms with Gasteiger partial charge in [-0.2, -0.15) is 0 Å². The van der Waals surface area contributed by atoms with Crippen LogP contribution in [0.3, 0.4) is 0 Å². The summed E-state index contributed by atoms with van der Waals surface area (Å²) >= 11 is 0. The molecule has 0 unspecified atom stereocenters. The molecule has 0 aliphatic heterocycles. The van der Waals surface area contributed by atoms with Gasteiger partial charge in [-0.1, -0.05) is 182 Å². The van der Waals surface area contributed by atoms with E-state index < -0.39 is 0 Å². The standard InChI is InChI=1S/C50H32/c1-3-15-33(16-4-1)40-29-27-35-19-7-9-21-38(35)49(40)46-31-37-32-47(43-24-12-14-26-45(43)48(37)44-25-13-11-23-42(44)46)50-39-22-10-8-20-36(39)28-30-41(50)34-17-5-2-6-18-34/h1-32H. The fourth-order valence-corrected chi connectivity index (χ4v) is 8.23. The van der Waals surface area contributed by atoms with Crippen LogP contribution in [0, 0.1) is 0 Å². The van der Waals surface area contributed by atoms with Gasteiger partial charge in [-0.15, -0.1) is 0 Å². The molecule has 0 nitrogen and oxygen atoms in total. The molecule has 10 rings (SSSR count). The Morgan fingerprint density at radius 3 is 1.02 bits per heavy atom. The first-order valence-corrected chi connectivity index (χ1v) is 17.4. The van der Waals surface area contributed by atoms with Crippen LogP contribution in [0.2, 0.25) is 0 Å². The summed E-state index contributed by atoms with van der Waals surface area (Å²) in [5.74, 6) is 0. The molecule has 10 aromatic rings. The lowest BCUT2D eigenvalue weighted by Gasteiger charge is -2.21. The molecule has 0 spiro atoms. The number of benzene rings is 10. The second-order valence-corrected chi connectivity index (χ2v) is 13.2. The summed E-state index contributed by atoms with van der Waals surface area (Å²) in [6.45, 7) is 0. The van der Waals surface area contributed by atoms with Crippen molar-refractivity contribution in [3.63, 3.8) is 0 Å². The SMILES string of the molecule is c1ccc(-c2ccc3ccccc3c2-c2cc3cc(-c4c(-c5ccccc5)ccc5ccccc45)c4ccccc4c3c3ccccc23)cc1. The van der Waals surface area contributed by atoms with E-state index in [0.717, 1.165) is 0 Å². The second kappa shape index (κ2) is 11.6. The van der Waals surface area contributed by atoms with E-state index in [2.05, 4.69) is 194 Å². The van der Waals surface area contributed by atoms with E-state index in [1.54, 1.807) is 0 Å². The Kier molecular flexibility index (Phi) is 6.60. The smallest absolute Gasteiger partial charge is 0.00204 e. The lowest BCUT2D eigenvalue weighted by molar-refractivity contribution is 1.62. The van der Waals surface area contributed by atoms with Gasteiger partial charge in [0.25, 0.3) is 0 Å². The number of hydrogen-bond acceptors (Lipinski definition) is 0. The zero-order valence-corrected chi connectivity index (χ0v) is 27.5. The molecular weight excluding hydrogens is 601 g/mol. The Morgan fingerprint density at radius 2 is 0.580 bits per heavy atom. The van der Waals surface area contributed by atoms with Crippen molar-refractivity contribution >= 4 is 53.9 Å². The van der Waals surface area contributed by atoms with Crippen molar-refractivity contribution < 1.29 is 0 Å². The average Bonchev–Trinajstić information content (AvgIpc) is 3.20. The molecule has 0 saturated heterocycles. The molecule has 10 aromatic carbocycles. The molecule has 0 heteroatoms. The predicted molar refractivity (Wildman–Crippen MR) is 216 cm³/mol. The fraction of sp³-hybridized carbons (Fsp3) is 0. The van der Waals surface area contributed by atoms with Gasteiger partial charge in [-0.05, 0) is 111 Å². The Bertz CT molecular complexity index is 2700. The van der Waals surface area contributed by atoms with Crippen LogP contribution in [0.4, 0.5) is 0 Å². The van der Waals surface area contributed by atoms with Crippen LogP contribution in [0.25, 0.3) is 98.4 Å². The predicted octanol–water partition coefficient (Wildman–Crippen LogP) is 14.1. The van der Waals surface area contributed by atoms with Crippen molar-refractivity contribution in [3.8, 4) is 44.5 Å². The van der Waals surface area contributed by atoms with Crippen molar-refractivity contribution in [1.82, 2.24) is 0 Å². The maximum atomic E-state index is 2.47. The fourth-order valence-electron chi connectivity index (χ4n) is 8.23. The summed E-state index contributed by atoms with van der Waals surface area (Å²) in [7, 11) is 0. The molecule has 0 atom stereocenters. The highest BCUT2D eigenvalue weighted by atomic mass is 14.2. The van der Waals surface area contributed by atoms with E-state index in [0.29, 0.717) is 0 Å². The molecule has 50 heavy (non-hydrogen) atoms. The van der Waals surface area contributed by atoms with E-state index in [1.165, 1.54) is 98.4 Å². The summed E-state index contributed by atoms with van der Waals surface area (Å²) in [5.41, 5.74) is 10.00. The van der Waals surface area contributed by atoms with Crippen molar-refractivity contribution in [2.24, 2.45) is 0 Å². The van der Waals surface area contributed by atoms with Gasteiger partial charge in [-0.25, -0.2) is 0 Å². The van der Waals surface area contributed by atoms with Gasteiger partial charge in [0.1, 0.15) is 0 Å². The Hall–Kier alpha value is -6.50. The molecule has 232 valence electrons. The minimum Gasteiger partial charge on any atom is -0.0622 e. The average molecular weight is 633 g/mol. The zero-order valence-electron chi connectivity index (χ0n) is 27.5. The van der Waals surface area contributed by atoms with Crippen LogP contribution in [0.15, 0.2) is 194 Å². The molecule has 0 aliphatic carbocycles. The molecule has 0 aromatic heterocycles. The van der Waals surface area contributed by atoms with Crippen molar-refractivity contribution in [2.45, 2.75) is 0 Å². The number of hydrogen-bond donors (Lipinski definition) is 0. The van der Waals surface area contributed by atoms with Crippen molar-refractivity contribution in [1.29, 1.82) is 0 Å². The van der Waals surface area contributed by atoms with Gasteiger partial charge in [0, 0.05) is 0 Å². The normalized spacial score (nSPS) is 11.6. The first-order valence-electron chi connectivity index (χ1n) is 17.4. The third kappa shape index (κ3) is 4.46. The molecule has 0 amide bonds. The Morgan fingerprint density at radius 1 is 0.220 bits per heavy atom. The number of fused-ring (bicyclic) bond motifs is 7. The first-order chi connectivity index (χ1) is 24.8. The van der Waals surface area contributed by atoms with Gasteiger partial charge in [0.05, 0.1) is 0 Å². The molecular formula is C50H32. The lowest BCUT2D eigenvalue weighted by Crippen LogP contribution is -1.93. The zero-order chi connectivity index (χ0) is 33.0. The highest BCUT2D eigenvalue weighted by Gasteiger charge is 2.20. The van der Waals surface area contributed by atoms with E-state index in [4.69, 9.17) is 0 Å². The summed E-state index contributed by atoms with van der Waals surface area (Å²) < 4.78 is 0. The molecule has 0 bridgehead atoms. The second-order valence-electron chi connectivity index (χ2n) is 13.2. The quantitative estimate of drug-likeness (QED) is 0.169. The van der Waals surface area contributed by atoms with E-state index in [9.17, 15) is 0 Å². The third-order valence-corrected chi connectivity index (χ3v) is 10.4. The van der Waals surface area contributed by atoms with Crippen molar-refractivity contribution in [2.75, 3.05) is 0 Å². The van der Waals surface area contributed by atoms with Crippen LogP contribution < -0.4 is 0 Å². The van der Waals surface area contributed by atoms with Crippen LogP contribution in [0.5, 0.6) is 0 Å². The van der Waals surface area contributed by atoms with Gasteiger partial charge >= 0.3 is 0 Å². The maximum Gasteiger partial charge on any atom is -0.00204 e. The molecule has 0 saturated carbocycles. The first kappa shape index (κ1) is 28.5. The van der Waals surface area contributed by atoms with Crippen LogP contribution in [0.1, 0.15) is 0 Å². The molecule has 0 fully saturated rings. The van der Waals surface area contributed by atoms with Gasteiger partial charge in [0.2, 0.25) is 0 Å².